The van der Waals surface area contributed by atoms with Gasteiger partial charge in [0.2, 0.25) is 0 Å². The summed E-state index contributed by atoms with van der Waals surface area (Å²) in [5.41, 5.74) is 1.07. The average Bonchev–Trinajstić information content (AvgIpc) is 3.47. The SMILES string of the molecule is CN=C(NCCCOCC1CCCO1)NCc1cccc(OC)c1OC1CCCC1. The quantitative estimate of drug-likeness (QED) is 0.326. The summed E-state index contributed by atoms with van der Waals surface area (Å²) in [6.45, 7) is 3.72. The Morgan fingerprint density at radius 3 is 2.77 bits per heavy atom. The van der Waals surface area contributed by atoms with Gasteiger partial charge in [-0.3, -0.25) is 4.99 Å². The van der Waals surface area contributed by atoms with Crippen molar-refractivity contribution in [3.05, 3.63) is 23.8 Å². The minimum absolute atomic E-state index is 0.284. The number of hydrogen-bond donors (Lipinski definition) is 2. The highest BCUT2D eigenvalue weighted by molar-refractivity contribution is 5.79. The summed E-state index contributed by atoms with van der Waals surface area (Å²) in [6, 6.07) is 6.03. The van der Waals surface area contributed by atoms with Crippen molar-refractivity contribution in [2.24, 2.45) is 4.99 Å². The number of ether oxygens (including phenoxy) is 4. The first-order chi connectivity index (χ1) is 14.8. The number of benzene rings is 1. The maximum Gasteiger partial charge on any atom is 0.191 e. The predicted octanol–water partition coefficient (Wildman–Crippen LogP) is 3.27. The summed E-state index contributed by atoms with van der Waals surface area (Å²) < 4.78 is 23.1. The molecule has 1 heterocycles. The first kappa shape index (κ1) is 22.7. The molecule has 1 atom stereocenters. The van der Waals surface area contributed by atoms with Crippen molar-refractivity contribution >= 4 is 5.96 Å². The lowest BCUT2D eigenvalue weighted by Crippen LogP contribution is -2.37. The summed E-state index contributed by atoms with van der Waals surface area (Å²) in [7, 11) is 3.47. The first-order valence-corrected chi connectivity index (χ1v) is 11.3. The van der Waals surface area contributed by atoms with Crippen LogP contribution in [0.15, 0.2) is 23.2 Å². The van der Waals surface area contributed by atoms with Gasteiger partial charge in [0.25, 0.3) is 0 Å². The van der Waals surface area contributed by atoms with Gasteiger partial charge in [-0.1, -0.05) is 12.1 Å². The molecule has 0 aromatic heterocycles. The third-order valence-corrected chi connectivity index (χ3v) is 5.62. The van der Waals surface area contributed by atoms with E-state index in [0.29, 0.717) is 13.2 Å². The summed E-state index contributed by atoms with van der Waals surface area (Å²) >= 11 is 0. The number of guanidine groups is 1. The molecular formula is C23H37N3O4. The van der Waals surface area contributed by atoms with Crippen molar-refractivity contribution in [2.45, 2.75) is 63.7 Å². The maximum atomic E-state index is 6.31. The Labute approximate surface area is 180 Å². The fourth-order valence-electron chi connectivity index (χ4n) is 3.94. The molecule has 168 valence electrons. The van der Waals surface area contributed by atoms with Crippen molar-refractivity contribution in [2.75, 3.05) is 40.5 Å². The summed E-state index contributed by atoms with van der Waals surface area (Å²) in [5, 5.41) is 6.73. The van der Waals surface area contributed by atoms with E-state index in [2.05, 4.69) is 21.7 Å². The fourth-order valence-corrected chi connectivity index (χ4v) is 3.94. The number of para-hydroxylation sites is 1. The van der Waals surface area contributed by atoms with Gasteiger partial charge in [-0.05, 0) is 51.0 Å². The van der Waals surface area contributed by atoms with E-state index in [-0.39, 0.29) is 12.2 Å². The van der Waals surface area contributed by atoms with Gasteiger partial charge < -0.3 is 29.6 Å². The Balaban J connectivity index is 1.41. The van der Waals surface area contributed by atoms with E-state index < -0.39 is 0 Å². The third kappa shape index (κ3) is 7.06. The number of nitrogens with zero attached hydrogens (tertiary/aromatic N) is 1. The van der Waals surface area contributed by atoms with Crippen molar-refractivity contribution in [3.8, 4) is 11.5 Å². The van der Waals surface area contributed by atoms with Gasteiger partial charge in [-0.15, -0.1) is 0 Å². The van der Waals surface area contributed by atoms with Gasteiger partial charge in [0.1, 0.15) is 0 Å². The molecule has 2 aliphatic rings. The number of aliphatic imine (C=N–C) groups is 1. The van der Waals surface area contributed by atoms with Gasteiger partial charge >= 0.3 is 0 Å². The van der Waals surface area contributed by atoms with Crippen LogP contribution in [-0.2, 0) is 16.0 Å². The second-order valence-electron chi connectivity index (χ2n) is 7.89. The van der Waals surface area contributed by atoms with E-state index in [1.165, 1.54) is 12.8 Å². The average molecular weight is 420 g/mol. The molecule has 1 saturated heterocycles. The number of methoxy groups -OCH3 is 1. The Hall–Kier alpha value is -1.99. The fraction of sp³-hybridized carbons (Fsp3) is 0.696. The minimum Gasteiger partial charge on any atom is -0.493 e. The number of rotatable bonds is 11. The van der Waals surface area contributed by atoms with Crippen molar-refractivity contribution in [1.29, 1.82) is 0 Å². The van der Waals surface area contributed by atoms with Gasteiger partial charge in [-0.2, -0.15) is 0 Å². The molecule has 2 N–H and O–H groups in total. The molecule has 3 rings (SSSR count). The molecule has 7 heteroatoms. The molecule has 1 aliphatic heterocycles. The van der Waals surface area contributed by atoms with Gasteiger partial charge in [0, 0.05) is 38.9 Å². The van der Waals surface area contributed by atoms with Crippen LogP contribution in [0, 0.1) is 0 Å². The lowest BCUT2D eigenvalue weighted by Gasteiger charge is -2.20. The van der Waals surface area contributed by atoms with Crippen molar-refractivity contribution in [3.63, 3.8) is 0 Å². The standard InChI is InChI=1S/C23H37N3O4/c1-24-23(25-13-7-14-28-17-20-11-6-15-29-20)26-16-18-8-5-12-21(27-2)22(18)30-19-9-3-4-10-19/h5,8,12,19-20H,3-4,6-7,9-11,13-17H2,1-2H3,(H2,24,25,26). The Morgan fingerprint density at radius 2 is 2.03 bits per heavy atom. The summed E-state index contributed by atoms with van der Waals surface area (Å²) in [4.78, 5) is 4.32. The van der Waals surface area contributed by atoms with E-state index in [1.54, 1.807) is 14.2 Å². The highest BCUT2D eigenvalue weighted by Crippen LogP contribution is 2.34. The molecule has 1 unspecified atom stereocenters. The van der Waals surface area contributed by atoms with Crippen LogP contribution in [-0.4, -0.2) is 58.7 Å². The van der Waals surface area contributed by atoms with Crippen LogP contribution in [0.4, 0.5) is 0 Å². The van der Waals surface area contributed by atoms with E-state index >= 15 is 0 Å². The minimum atomic E-state index is 0.284. The monoisotopic (exact) mass is 419 g/mol. The summed E-state index contributed by atoms with van der Waals surface area (Å²) in [5.74, 6) is 2.40. The molecule has 2 fully saturated rings. The zero-order valence-corrected chi connectivity index (χ0v) is 18.5. The maximum absolute atomic E-state index is 6.31. The van der Waals surface area contributed by atoms with E-state index in [1.807, 2.05) is 12.1 Å². The van der Waals surface area contributed by atoms with Crippen LogP contribution in [0.5, 0.6) is 11.5 Å². The molecule has 1 aliphatic carbocycles. The van der Waals surface area contributed by atoms with E-state index in [0.717, 1.165) is 74.9 Å². The largest absolute Gasteiger partial charge is 0.493 e. The lowest BCUT2D eigenvalue weighted by molar-refractivity contribution is 0.0168. The van der Waals surface area contributed by atoms with Crippen molar-refractivity contribution in [1.82, 2.24) is 10.6 Å². The highest BCUT2D eigenvalue weighted by Gasteiger charge is 2.20. The molecule has 1 aromatic rings. The highest BCUT2D eigenvalue weighted by atomic mass is 16.5. The molecule has 1 saturated carbocycles. The third-order valence-electron chi connectivity index (χ3n) is 5.62. The van der Waals surface area contributed by atoms with Crippen LogP contribution in [0.25, 0.3) is 0 Å². The van der Waals surface area contributed by atoms with Crippen LogP contribution in [0.3, 0.4) is 0 Å². The molecule has 0 amide bonds. The van der Waals surface area contributed by atoms with Gasteiger partial charge in [0.15, 0.2) is 17.5 Å². The molecule has 0 radical (unpaired) electrons. The normalized spacial score (nSPS) is 19.8. The molecular weight excluding hydrogens is 382 g/mol. The molecule has 0 bridgehead atoms. The van der Waals surface area contributed by atoms with Crippen LogP contribution in [0.2, 0.25) is 0 Å². The zero-order valence-electron chi connectivity index (χ0n) is 18.5. The second kappa shape index (κ2) is 12.6. The molecule has 7 nitrogen and oxygen atoms in total. The van der Waals surface area contributed by atoms with Gasteiger partial charge in [0.05, 0.1) is 25.9 Å². The molecule has 30 heavy (non-hydrogen) atoms. The number of hydrogen-bond acceptors (Lipinski definition) is 5. The number of nitrogens with one attached hydrogen (secondary N) is 2. The van der Waals surface area contributed by atoms with E-state index in [9.17, 15) is 0 Å². The molecule has 0 spiro atoms. The Bertz CT molecular complexity index is 656. The Morgan fingerprint density at radius 1 is 1.17 bits per heavy atom. The smallest absolute Gasteiger partial charge is 0.191 e. The summed E-state index contributed by atoms with van der Waals surface area (Å²) in [6.07, 6.45) is 8.46. The predicted molar refractivity (Wildman–Crippen MR) is 118 cm³/mol. The zero-order chi connectivity index (χ0) is 21.0. The van der Waals surface area contributed by atoms with Crippen LogP contribution in [0.1, 0.15) is 50.5 Å². The van der Waals surface area contributed by atoms with Crippen LogP contribution < -0.4 is 20.1 Å². The Kier molecular flexibility index (Phi) is 9.57. The van der Waals surface area contributed by atoms with Gasteiger partial charge in [-0.25, -0.2) is 0 Å². The van der Waals surface area contributed by atoms with Crippen molar-refractivity contribution < 1.29 is 18.9 Å². The second-order valence-corrected chi connectivity index (χ2v) is 7.89. The van der Waals surface area contributed by atoms with E-state index in [4.69, 9.17) is 18.9 Å². The van der Waals surface area contributed by atoms with Crippen LogP contribution >= 0.6 is 0 Å². The first-order valence-electron chi connectivity index (χ1n) is 11.3. The lowest BCUT2D eigenvalue weighted by atomic mass is 10.1. The topological polar surface area (TPSA) is 73.3 Å². The molecule has 1 aromatic carbocycles.